The summed E-state index contributed by atoms with van der Waals surface area (Å²) in [6.45, 7) is 0. The van der Waals surface area contributed by atoms with Crippen molar-refractivity contribution in [2.45, 2.75) is 4.90 Å². The summed E-state index contributed by atoms with van der Waals surface area (Å²) in [5.41, 5.74) is 1.02. The second kappa shape index (κ2) is 5.48. The van der Waals surface area contributed by atoms with Gasteiger partial charge in [0, 0.05) is 18.6 Å². The standard InChI is InChI=1S/C15H11F3N2S2/c1-20-7-10-9(3-4-11(16)14(10)19-20)8-5-12(17)15(22(2)21)13(18)6-8/h3-7H,1-2H3. The van der Waals surface area contributed by atoms with Gasteiger partial charge in [-0.3, -0.25) is 4.68 Å². The zero-order valence-electron chi connectivity index (χ0n) is 11.7. The number of benzene rings is 2. The van der Waals surface area contributed by atoms with E-state index in [1.54, 1.807) is 19.5 Å². The Bertz CT molecular complexity index is 896. The molecule has 7 heteroatoms. The van der Waals surface area contributed by atoms with Gasteiger partial charge in [-0.1, -0.05) is 15.5 Å². The summed E-state index contributed by atoms with van der Waals surface area (Å²) in [4.78, 5) is -0.0942. The van der Waals surface area contributed by atoms with Gasteiger partial charge in [0.25, 0.3) is 0 Å². The summed E-state index contributed by atoms with van der Waals surface area (Å²) in [5, 5.41) is 4.53. The van der Waals surface area contributed by atoms with E-state index in [1.165, 1.54) is 28.9 Å². The van der Waals surface area contributed by atoms with Crippen molar-refractivity contribution < 1.29 is 13.2 Å². The van der Waals surface area contributed by atoms with Crippen LogP contribution >= 0.6 is 0 Å². The molecule has 3 aromatic rings. The Morgan fingerprint density at radius 1 is 1.09 bits per heavy atom. The SMILES string of the molecule is Cn1cc2c(-c3cc(F)c(S(C)=S)c(F)c3)ccc(F)c2n1. The van der Waals surface area contributed by atoms with E-state index >= 15 is 0 Å². The van der Waals surface area contributed by atoms with Gasteiger partial charge < -0.3 is 0 Å². The van der Waals surface area contributed by atoms with Gasteiger partial charge >= 0.3 is 0 Å². The van der Waals surface area contributed by atoms with Crippen LogP contribution in [0.2, 0.25) is 0 Å². The molecule has 0 saturated carbocycles. The molecule has 1 unspecified atom stereocenters. The lowest BCUT2D eigenvalue weighted by Crippen LogP contribution is -1.98. The second-order valence-electron chi connectivity index (χ2n) is 4.88. The van der Waals surface area contributed by atoms with Crippen LogP contribution < -0.4 is 0 Å². The van der Waals surface area contributed by atoms with Crippen molar-refractivity contribution in [2.75, 3.05) is 6.26 Å². The molecule has 22 heavy (non-hydrogen) atoms. The highest BCUT2D eigenvalue weighted by atomic mass is 32.8. The van der Waals surface area contributed by atoms with E-state index in [4.69, 9.17) is 11.2 Å². The van der Waals surface area contributed by atoms with Crippen molar-refractivity contribution in [2.24, 2.45) is 7.05 Å². The Balaban J connectivity index is 2.29. The molecular formula is C15H11F3N2S2. The third kappa shape index (κ3) is 2.44. The Morgan fingerprint density at radius 2 is 1.73 bits per heavy atom. The molecule has 114 valence electrons. The fourth-order valence-electron chi connectivity index (χ4n) is 2.43. The first-order valence-electron chi connectivity index (χ1n) is 6.33. The van der Waals surface area contributed by atoms with Crippen molar-refractivity contribution in [1.82, 2.24) is 9.78 Å². The van der Waals surface area contributed by atoms with Gasteiger partial charge in [0.05, 0.1) is 4.90 Å². The molecule has 0 N–H and O–H groups in total. The highest BCUT2D eigenvalue weighted by Gasteiger charge is 2.16. The molecule has 0 saturated heterocycles. The van der Waals surface area contributed by atoms with Crippen LogP contribution in [-0.2, 0) is 27.7 Å². The van der Waals surface area contributed by atoms with Gasteiger partial charge in [0.1, 0.15) is 17.2 Å². The van der Waals surface area contributed by atoms with Crippen LogP contribution in [0.3, 0.4) is 0 Å². The van der Waals surface area contributed by atoms with Gasteiger partial charge in [0.2, 0.25) is 0 Å². The summed E-state index contributed by atoms with van der Waals surface area (Å²) >= 11 is 4.96. The number of fused-ring (bicyclic) bond motifs is 1. The number of hydrogen-bond acceptors (Lipinski definition) is 2. The molecule has 3 rings (SSSR count). The first kappa shape index (κ1) is 15.2. The highest BCUT2D eigenvalue weighted by molar-refractivity contribution is 8.28. The quantitative estimate of drug-likeness (QED) is 0.707. The minimum atomic E-state index is -0.937. The molecule has 0 aliphatic carbocycles. The number of hydrogen-bond donors (Lipinski definition) is 0. The number of rotatable bonds is 2. The monoisotopic (exact) mass is 340 g/mol. The van der Waals surface area contributed by atoms with E-state index in [0.717, 1.165) is 0 Å². The van der Waals surface area contributed by atoms with Crippen LogP contribution in [0.15, 0.2) is 35.4 Å². The van der Waals surface area contributed by atoms with Crippen LogP contribution in [0.4, 0.5) is 13.2 Å². The summed E-state index contributed by atoms with van der Waals surface area (Å²) in [7, 11) is 0.724. The lowest BCUT2D eigenvalue weighted by molar-refractivity contribution is 0.541. The van der Waals surface area contributed by atoms with E-state index < -0.39 is 26.9 Å². The zero-order chi connectivity index (χ0) is 16.0. The molecule has 0 aliphatic heterocycles. The van der Waals surface area contributed by atoms with Crippen molar-refractivity contribution in [1.29, 1.82) is 0 Å². The van der Waals surface area contributed by atoms with Crippen LogP contribution in [0, 0.1) is 17.5 Å². The second-order valence-corrected chi connectivity index (χ2v) is 7.70. The molecule has 1 aromatic heterocycles. The van der Waals surface area contributed by atoms with E-state index in [-0.39, 0.29) is 10.4 Å². The largest absolute Gasteiger partial charge is 0.274 e. The Kier molecular flexibility index (Phi) is 3.78. The van der Waals surface area contributed by atoms with Crippen molar-refractivity contribution in [3.8, 4) is 11.1 Å². The van der Waals surface area contributed by atoms with E-state index in [9.17, 15) is 13.2 Å². The Hall–Kier alpha value is -1.73. The molecular weight excluding hydrogens is 329 g/mol. The predicted octanol–water partition coefficient (Wildman–Crippen LogP) is 3.73. The van der Waals surface area contributed by atoms with Crippen molar-refractivity contribution in [3.05, 3.63) is 47.9 Å². The molecule has 0 amide bonds. The van der Waals surface area contributed by atoms with E-state index in [1.807, 2.05) is 0 Å². The minimum absolute atomic E-state index is 0.0942. The molecule has 0 spiro atoms. The van der Waals surface area contributed by atoms with Gasteiger partial charge in [-0.15, -0.1) is 0 Å². The summed E-state index contributed by atoms with van der Waals surface area (Å²) in [6.07, 6.45) is 3.20. The van der Waals surface area contributed by atoms with Gasteiger partial charge in [0.15, 0.2) is 5.82 Å². The third-order valence-electron chi connectivity index (χ3n) is 3.34. The molecule has 1 heterocycles. The average molecular weight is 340 g/mol. The molecule has 2 nitrogen and oxygen atoms in total. The topological polar surface area (TPSA) is 17.8 Å². The van der Waals surface area contributed by atoms with E-state index in [0.29, 0.717) is 16.5 Å². The van der Waals surface area contributed by atoms with Gasteiger partial charge in [-0.05, 0) is 46.8 Å². The first-order chi connectivity index (χ1) is 10.4. The first-order valence-corrected chi connectivity index (χ1v) is 8.89. The number of aromatic nitrogens is 2. The molecule has 0 radical (unpaired) electrons. The number of aryl methyl sites for hydroxylation is 1. The third-order valence-corrected chi connectivity index (χ3v) is 4.80. The summed E-state index contributed by atoms with van der Waals surface area (Å²) < 4.78 is 43.5. The molecule has 2 aromatic carbocycles. The maximum atomic E-state index is 14.1. The normalized spacial score (nSPS) is 12.8. The molecule has 0 fully saturated rings. The number of halogens is 3. The highest BCUT2D eigenvalue weighted by Crippen LogP contribution is 2.32. The minimum Gasteiger partial charge on any atom is -0.274 e. The van der Waals surface area contributed by atoms with Gasteiger partial charge in [-0.25, -0.2) is 13.2 Å². The van der Waals surface area contributed by atoms with Crippen LogP contribution in [0.25, 0.3) is 22.0 Å². The fraction of sp³-hybridized carbons (Fsp3) is 0.133. The number of nitrogens with zero attached hydrogens (tertiary/aromatic N) is 2. The van der Waals surface area contributed by atoms with Gasteiger partial charge in [-0.2, -0.15) is 5.10 Å². The lowest BCUT2D eigenvalue weighted by Gasteiger charge is -2.09. The summed E-state index contributed by atoms with van der Waals surface area (Å²) in [6, 6.07) is 5.19. The van der Waals surface area contributed by atoms with Crippen molar-refractivity contribution >= 4 is 31.5 Å². The lowest BCUT2D eigenvalue weighted by atomic mass is 10.0. The van der Waals surface area contributed by atoms with Crippen LogP contribution in [0.5, 0.6) is 0 Å². The molecule has 0 aliphatic rings. The van der Waals surface area contributed by atoms with Crippen LogP contribution in [-0.4, -0.2) is 16.0 Å². The molecule has 0 bridgehead atoms. The predicted molar refractivity (Wildman–Crippen MR) is 84.9 cm³/mol. The smallest absolute Gasteiger partial charge is 0.151 e. The Labute approximate surface area is 132 Å². The molecule has 1 atom stereocenters. The fourth-order valence-corrected chi connectivity index (χ4v) is 3.57. The zero-order valence-corrected chi connectivity index (χ0v) is 13.4. The van der Waals surface area contributed by atoms with Crippen LogP contribution in [0.1, 0.15) is 0 Å². The average Bonchev–Trinajstić information content (AvgIpc) is 2.80. The maximum Gasteiger partial charge on any atom is 0.151 e. The van der Waals surface area contributed by atoms with E-state index in [2.05, 4.69) is 5.10 Å². The maximum absolute atomic E-state index is 14.1. The van der Waals surface area contributed by atoms with Crippen molar-refractivity contribution in [3.63, 3.8) is 0 Å². The summed E-state index contributed by atoms with van der Waals surface area (Å²) in [5.74, 6) is -1.84. The Morgan fingerprint density at radius 3 is 2.32 bits per heavy atom.